The van der Waals surface area contributed by atoms with Gasteiger partial charge in [-0.25, -0.2) is 0 Å². The van der Waals surface area contributed by atoms with E-state index in [1.807, 2.05) is 0 Å². The van der Waals surface area contributed by atoms with Gasteiger partial charge in [-0.1, -0.05) is 51.1 Å². The number of hydrogen-bond acceptors (Lipinski definition) is 3. The predicted molar refractivity (Wildman–Crippen MR) is 108 cm³/mol. The van der Waals surface area contributed by atoms with Gasteiger partial charge in [-0.05, 0) is 43.5 Å². The van der Waals surface area contributed by atoms with Crippen molar-refractivity contribution in [3.8, 4) is 0 Å². The quantitative estimate of drug-likeness (QED) is 0.788. The van der Waals surface area contributed by atoms with Gasteiger partial charge in [0.25, 0.3) is 0 Å². The summed E-state index contributed by atoms with van der Waals surface area (Å²) in [6, 6.07) is 12.6. The van der Waals surface area contributed by atoms with Gasteiger partial charge >= 0.3 is 0 Å². The Labute approximate surface area is 155 Å². The van der Waals surface area contributed by atoms with E-state index >= 15 is 0 Å². The zero-order chi connectivity index (χ0) is 18.2. The second-order valence-electron chi connectivity index (χ2n) is 9.47. The highest BCUT2D eigenvalue weighted by Gasteiger charge is 2.46. The maximum Gasteiger partial charge on any atom is 0.192 e. The molecule has 0 spiro atoms. The topological polar surface area (TPSA) is 24.5 Å². The van der Waals surface area contributed by atoms with Gasteiger partial charge in [-0.15, -0.1) is 0 Å². The van der Waals surface area contributed by atoms with Crippen LogP contribution in [0.5, 0.6) is 0 Å². The molecule has 0 aliphatic carbocycles. The Kier molecular flexibility index (Phi) is 5.46. The average Bonchev–Trinajstić information content (AvgIpc) is 2.78. The van der Waals surface area contributed by atoms with Crippen LogP contribution in [0.1, 0.15) is 46.1 Å². The van der Waals surface area contributed by atoms with E-state index in [4.69, 9.17) is 4.43 Å². The fourth-order valence-corrected chi connectivity index (χ4v) is 5.64. The molecule has 1 aromatic carbocycles. The Morgan fingerprint density at radius 1 is 1.20 bits per heavy atom. The minimum atomic E-state index is -1.74. The van der Waals surface area contributed by atoms with Crippen molar-refractivity contribution in [2.45, 2.75) is 89.4 Å². The molecular formula is C21H36N2OSi. The molecule has 0 aromatic heterocycles. The van der Waals surface area contributed by atoms with Crippen LogP contribution in [0.4, 0.5) is 0 Å². The highest BCUT2D eigenvalue weighted by atomic mass is 28.4. The first-order valence-electron chi connectivity index (χ1n) is 9.90. The minimum Gasteiger partial charge on any atom is -0.413 e. The molecule has 2 bridgehead atoms. The fourth-order valence-electron chi connectivity index (χ4n) is 4.21. The zero-order valence-corrected chi connectivity index (χ0v) is 17.9. The molecule has 140 valence electrons. The first kappa shape index (κ1) is 19.1. The molecule has 1 aromatic rings. The lowest BCUT2D eigenvalue weighted by Crippen LogP contribution is -2.62. The van der Waals surface area contributed by atoms with Crippen LogP contribution < -0.4 is 5.32 Å². The molecular weight excluding hydrogens is 324 g/mol. The van der Waals surface area contributed by atoms with Crippen molar-refractivity contribution < 1.29 is 4.43 Å². The van der Waals surface area contributed by atoms with Crippen LogP contribution in [0, 0.1) is 0 Å². The van der Waals surface area contributed by atoms with Crippen molar-refractivity contribution in [2.75, 3.05) is 6.54 Å². The highest BCUT2D eigenvalue weighted by molar-refractivity contribution is 6.74. The van der Waals surface area contributed by atoms with E-state index in [0.29, 0.717) is 18.1 Å². The molecule has 0 unspecified atom stereocenters. The van der Waals surface area contributed by atoms with Gasteiger partial charge < -0.3 is 9.74 Å². The molecule has 2 aliphatic heterocycles. The van der Waals surface area contributed by atoms with Gasteiger partial charge in [0.05, 0.1) is 6.10 Å². The van der Waals surface area contributed by atoms with Crippen LogP contribution in [-0.2, 0) is 11.0 Å². The Bertz CT molecular complexity index is 569. The van der Waals surface area contributed by atoms with Crippen molar-refractivity contribution in [3.63, 3.8) is 0 Å². The van der Waals surface area contributed by atoms with Crippen LogP contribution in [0.25, 0.3) is 0 Å². The van der Waals surface area contributed by atoms with Crippen molar-refractivity contribution >= 4 is 8.32 Å². The van der Waals surface area contributed by atoms with E-state index < -0.39 is 8.32 Å². The van der Waals surface area contributed by atoms with E-state index in [0.717, 1.165) is 13.1 Å². The molecule has 0 radical (unpaired) electrons. The van der Waals surface area contributed by atoms with E-state index in [-0.39, 0.29) is 11.1 Å². The molecule has 0 amide bonds. The summed E-state index contributed by atoms with van der Waals surface area (Å²) >= 11 is 0. The van der Waals surface area contributed by atoms with Gasteiger partial charge in [-0.2, -0.15) is 0 Å². The van der Waals surface area contributed by atoms with Crippen LogP contribution in [0.2, 0.25) is 18.1 Å². The van der Waals surface area contributed by atoms with Crippen LogP contribution in [0.15, 0.2) is 30.3 Å². The lowest BCUT2D eigenvalue weighted by atomic mass is 9.99. The van der Waals surface area contributed by atoms with Gasteiger partial charge in [0.1, 0.15) is 0 Å². The van der Waals surface area contributed by atoms with Crippen LogP contribution in [0.3, 0.4) is 0 Å². The first-order valence-corrected chi connectivity index (χ1v) is 12.8. The smallest absolute Gasteiger partial charge is 0.192 e. The predicted octanol–water partition coefficient (Wildman–Crippen LogP) is 4.40. The number of nitrogens with one attached hydrogen (secondary N) is 1. The van der Waals surface area contributed by atoms with Gasteiger partial charge in [0.15, 0.2) is 8.32 Å². The number of hydrogen-bond donors (Lipinski definition) is 1. The van der Waals surface area contributed by atoms with Crippen LogP contribution in [-0.4, -0.2) is 44.0 Å². The van der Waals surface area contributed by atoms with E-state index in [1.54, 1.807) is 0 Å². The third kappa shape index (κ3) is 4.02. The maximum atomic E-state index is 6.74. The molecule has 2 aliphatic rings. The summed E-state index contributed by atoms with van der Waals surface area (Å²) < 4.78 is 6.74. The highest BCUT2D eigenvalue weighted by Crippen LogP contribution is 2.39. The number of rotatable bonds is 5. The summed E-state index contributed by atoms with van der Waals surface area (Å²) in [5, 5.41) is 4.09. The molecule has 2 heterocycles. The number of fused-ring (bicyclic) bond motifs is 2. The van der Waals surface area contributed by atoms with Gasteiger partial charge in [0, 0.05) is 31.2 Å². The summed E-state index contributed by atoms with van der Waals surface area (Å²) in [4.78, 5) is 2.74. The average molecular weight is 361 g/mol. The molecule has 25 heavy (non-hydrogen) atoms. The molecule has 3 nitrogen and oxygen atoms in total. The lowest BCUT2D eigenvalue weighted by molar-refractivity contribution is 0.0463. The normalized spacial score (nSPS) is 29.0. The Balaban J connectivity index is 1.70. The van der Waals surface area contributed by atoms with Crippen LogP contribution >= 0.6 is 0 Å². The summed E-state index contributed by atoms with van der Waals surface area (Å²) in [6.07, 6.45) is 2.87. The molecule has 0 saturated carbocycles. The Morgan fingerprint density at radius 2 is 1.88 bits per heavy atom. The molecule has 4 atom stereocenters. The molecule has 2 saturated heterocycles. The third-order valence-corrected chi connectivity index (χ3v) is 11.3. The largest absolute Gasteiger partial charge is 0.413 e. The van der Waals surface area contributed by atoms with Crippen molar-refractivity contribution in [3.05, 3.63) is 35.9 Å². The summed E-state index contributed by atoms with van der Waals surface area (Å²) in [5.74, 6) is 0. The molecule has 4 heteroatoms. The Morgan fingerprint density at radius 3 is 2.52 bits per heavy atom. The number of piperazine rings is 1. The minimum absolute atomic E-state index is 0.262. The lowest BCUT2D eigenvalue weighted by Gasteiger charge is -2.46. The SMILES string of the molecule is C[C@H](O[Si](C)(C)C(C)(C)C)[C@H]1NC[C@@H]2CC[C@H]1N2Cc1ccccc1. The van der Waals surface area contributed by atoms with Crippen molar-refractivity contribution in [1.29, 1.82) is 0 Å². The molecule has 3 rings (SSSR count). The third-order valence-electron chi connectivity index (χ3n) is 6.69. The van der Waals surface area contributed by atoms with Gasteiger partial charge in [-0.3, -0.25) is 4.90 Å². The maximum absolute atomic E-state index is 6.74. The number of benzene rings is 1. The van der Waals surface area contributed by atoms with Gasteiger partial charge in [0.2, 0.25) is 0 Å². The Hall–Kier alpha value is -0.683. The summed E-state index contributed by atoms with van der Waals surface area (Å²) in [7, 11) is -1.74. The van der Waals surface area contributed by atoms with E-state index in [2.05, 4.69) is 81.3 Å². The molecule has 1 N–H and O–H groups in total. The van der Waals surface area contributed by atoms with E-state index in [9.17, 15) is 0 Å². The fraction of sp³-hybridized carbons (Fsp3) is 0.714. The summed E-state index contributed by atoms with van der Waals surface area (Å²) in [6.45, 7) is 16.2. The monoisotopic (exact) mass is 360 g/mol. The zero-order valence-electron chi connectivity index (χ0n) is 16.9. The van der Waals surface area contributed by atoms with E-state index in [1.165, 1.54) is 18.4 Å². The van der Waals surface area contributed by atoms with Crippen molar-refractivity contribution in [1.82, 2.24) is 10.2 Å². The molecule has 2 fully saturated rings. The number of nitrogens with zero attached hydrogens (tertiary/aromatic N) is 1. The summed E-state index contributed by atoms with van der Waals surface area (Å²) in [5.41, 5.74) is 1.43. The second-order valence-corrected chi connectivity index (χ2v) is 14.2. The van der Waals surface area contributed by atoms with Crippen molar-refractivity contribution in [2.24, 2.45) is 0 Å². The second kappa shape index (κ2) is 7.14. The first-order chi connectivity index (χ1) is 11.7. The standard InChI is InChI=1S/C21H36N2OSi/c1-16(24-25(5,6)21(2,3)4)20-19-13-12-18(14-22-20)23(19)15-17-10-8-7-9-11-17/h7-11,16,18-20,22H,12-15H2,1-6H3/t16-,18-,19+,20+/m0/s1.